The molecule has 7 nitrogen and oxygen atoms in total. The molecule has 3 aromatic rings. The first-order chi connectivity index (χ1) is 14.9. The van der Waals surface area contributed by atoms with E-state index in [0.29, 0.717) is 10.9 Å². The highest BCUT2D eigenvalue weighted by molar-refractivity contribution is 7.98. The second kappa shape index (κ2) is 8.73. The number of rotatable bonds is 5. The minimum atomic E-state index is -1.03. The van der Waals surface area contributed by atoms with Crippen molar-refractivity contribution in [2.24, 2.45) is 0 Å². The fourth-order valence-corrected chi connectivity index (χ4v) is 4.20. The van der Waals surface area contributed by atoms with Crippen molar-refractivity contribution in [1.29, 1.82) is 0 Å². The Hall–Kier alpha value is -3.46. The van der Waals surface area contributed by atoms with Crippen molar-refractivity contribution in [2.45, 2.75) is 30.2 Å². The van der Waals surface area contributed by atoms with Crippen molar-refractivity contribution in [3.8, 4) is 0 Å². The Labute approximate surface area is 181 Å². The summed E-state index contributed by atoms with van der Waals surface area (Å²) >= 11 is 1.32. The zero-order valence-electron chi connectivity index (χ0n) is 16.6. The summed E-state index contributed by atoms with van der Waals surface area (Å²) in [5.41, 5.74) is 2.04. The van der Waals surface area contributed by atoms with Crippen LogP contribution < -0.4 is 16.2 Å². The van der Waals surface area contributed by atoms with Crippen LogP contribution in [-0.2, 0) is 15.3 Å². The van der Waals surface area contributed by atoms with Gasteiger partial charge >= 0.3 is 0 Å². The van der Waals surface area contributed by atoms with Crippen LogP contribution in [0.15, 0.2) is 58.5 Å². The summed E-state index contributed by atoms with van der Waals surface area (Å²) in [6.07, 6.45) is -0.200. The maximum absolute atomic E-state index is 13.4. The molecule has 2 heterocycles. The van der Waals surface area contributed by atoms with Crippen LogP contribution in [0.5, 0.6) is 0 Å². The van der Waals surface area contributed by atoms with Crippen LogP contribution in [0.1, 0.15) is 29.0 Å². The summed E-state index contributed by atoms with van der Waals surface area (Å²) in [6, 6.07) is 13.4. The number of carbonyl (C=O) groups excluding carboxylic acids is 2. The summed E-state index contributed by atoms with van der Waals surface area (Å²) in [4.78, 5) is 44.8. The highest BCUT2D eigenvalue weighted by Crippen LogP contribution is 2.31. The predicted octanol–water partition coefficient (Wildman–Crippen LogP) is 3.57. The van der Waals surface area contributed by atoms with E-state index in [1.54, 1.807) is 0 Å². The Morgan fingerprint density at radius 3 is 2.81 bits per heavy atom. The number of thioether (sulfide) groups is 1. The molecule has 0 fully saturated rings. The van der Waals surface area contributed by atoms with Gasteiger partial charge in [0, 0.05) is 17.9 Å². The molecule has 158 valence electrons. The van der Waals surface area contributed by atoms with Gasteiger partial charge < -0.3 is 15.6 Å². The van der Waals surface area contributed by atoms with Gasteiger partial charge in [-0.25, -0.2) is 9.37 Å². The van der Waals surface area contributed by atoms with E-state index in [2.05, 4.69) is 20.6 Å². The molecule has 31 heavy (non-hydrogen) atoms. The molecule has 1 aliphatic rings. The summed E-state index contributed by atoms with van der Waals surface area (Å²) in [6.45, 7) is 2.00. The molecule has 4 rings (SSSR count). The normalized spacial score (nSPS) is 15.2. The van der Waals surface area contributed by atoms with Gasteiger partial charge in [0.2, 0.25) is 11.8 Å². The van der Waals surface area contributed by atoms with E-state index >= 15 is 0 Å². The topological polar surface area (TPSA) is 104 Å². The second-order valence-electron chi connectivity index (χ2n) is 7.22. The van der Waals surface area contributed by atoms with E-state index in [4.69, 9.17) is 0 Å². The molecule has 0 saturated heterocycles. The highest BCUT2D eigenvalue weighted by Gasteiger charge is 2.34. The SMILES string of the molecule is Cc1cccc(CSc2nc3c(c(=O)[nH]2)[C@H](C(=O)Nc2cccc(F)c2)CC(=O)N3)c1. The van der Waals surface area contributed by atoms with Crippen LogP contribution in [0.3, 0.4) is 0 Å². The minimum Gasteiger partial charge on any atom is -0.325 e. The Balaban J connectivity index is 1.58. The zero-order chi connectivity index (χ0) is 22.0. The van der Waals surface area contributed by atoms with Gasteiger partial charge in [0.1, 0.15) is 11.6 Å². The number of hydrogen-bond donors (Lipinski definition) is 3. The van der Waals surface area contributed by atoms with Gasteiger partial charge in [-0.05, 0) is 30.7 Å². The highest BCUT2D eigenvalue weighted by atomic mass is 32.2. The number of halogens is 1. The maximum atomic E-state index is 13.4. The van der Waals surface area contributed by atoms with Crippen LogP contribution in [0.25, 0.3) is 0 Å². The number of benzene rings is 2. The number of aromatic nitrogens is 2. The average molecular weight is 438 g/mol. The lowest BCUT2D eigenvalue weighted by molar-refractivity contribution is -0.123. The summed E-state index contributed by atoms with van der Waals surface area (Å²) in [5, 5.41) is 5.49. The van der Waals surface area contributed by atoms with Crippen LogP contribution >= 0.6 is 11.8 Å². The zero-order valence-corrected chi connectivity index (χ0v) is 17.4. The molecule has 9 heteroatoms. The molecular formula is C22H19FN4O3S. The first kappa shape index (κ1) is 20.8. The fourth-order valence-electron chi connectivity index (χ4n) is 3.39. The molecule has 3 N–H and O–H groups in total. The lowest BCUT2D eigenvalue weighted by Crippen LogP contribution is -2.36. The lowest BCUT2D eigenvalue weighted by atomic mass is 9.92. The Kier molecular flexibility index (Phi) is 5.85. The van der Waals surface area contributed by atoms with Gasteiger partial charge in [0.05, 0.1) is 11.5 Å². The van der Waals surface area contributed by atoms with E-state index in [1.165, 1.54) is 30.0 Å². The number of aryl methyl sites for hydroxylation is 1. The van der Waals surface area contributed by atoms with Crippen molar-refractivity contribution in [3.05, 3.63) is 81.4 Å². The number of aromatic amines is 1. The van der Waals surface area contributed by atoms with Crippen molar-refractivity contribution >= 4 is 35.1 Å². The Bertz CT molecular complexity index is 1230. The summed E-state index contributed by atoms with van der Waals surface area (Å²) in [5.74, 6) is -1.87. The average Bonchev–Trinajstić information content (AvgIpc) is 2.71. The number of nitrogens with one attached hydrogen (secondary N) is 3. The van der Waals surface area contributed by atoms with Crippen molar-refractivity contribution in [1.82, 2.24) is 9.97 Å². The van der Waals surface area contributed by atoms with E-state index in [1.807, 2.05) is 31.2 Å². The van der Waals surface area contributed by atoms with Gasteiger partial charge in [0.25, 0.3) is 5.56 Å². The molecular weight excluding hydrogens is 419 g/mol. The number of H-pyrrole nitrogens is 1. The number of fused-ring (bicyclic) bond motifs is 1. The van der Waals surface area contributed by atoms with Gasteiger partial charge in [-0.2, -0.15) is 0 Å². The third-order valence-electron chi connectivity index (χ3n) is 4.80. The molecule has 0 radical (unpaired) electrons. The van der Waals surface area contributed by atoms with Crippen LogP contribution in [0.2, 0.25) is 0 Å². The second-order valence-corrected chi connectivity index (χ2v) is 8.18. The van der Waals surface area contributed by atoms with Gasteiger partial charge in [-0.15, -0.1) is 0 Å². The van der Waals surface area contributed by atoms with Crippen molar-refractivity contribution < 1.29 is 14.0 Å². The minimum absolute atomic E-state index is 0.0751. The number of amides is 2. The monoisotopic (exact) mass is 438 g/mol. The molecule has 2 amide bonds. The van der Waals surface area contributed by atoms with Crippen LogP contribution in [0.4, 0.5) is 15.9 Å². The van der Waals surface area contributed by atoms with Gasteiger partial charge in [-0.1, -0.05) is 47.7 Å². The van der Waals surface area contributed by atoms with Gasteiger partial charge in [-0.3, -0.25) is 14.4 Å². The van der Waals surface area contributed by atoms with E-state index in [-0.39, 0.29) is 23.5 Å². The maximum Gasteiger partial charge on any atom is 0.257 e. The van der Waals surface area contributed by atoms with Crippen LogP contribution in [0, 0.1) is 12.7 Å². The molecule has 0 aliphatic carbocycles. The number of carbonyl (C=O) groups is 2. The molecule has 0 unspecified atom stereocenters. The molecule has 2 aromatic carbocycles. The van der Waals surface area contributed by atoms with Crippen molar-refractivity contribution in [2.75, 3.05) is 10.6 Å². The number of anilines is 2. The predicted molar refractivity (Wildman–Crippen MR) is 117 cm³/mol. The number of nitrogens with zero attached hydrogens (tertiary/aromatic N) is 1. The standard InChI is InChI=1S/C22H19FN4O3S/c1-12-4-2-5-13(8-12)11-31-22-26-19-18(21(30)27-22)16(10-17(28)25-19)20(29)24-15-7-3-6-14(23)9-15/h2-9,16H,10-11H2,1H3,(H,24,29)(H2,25,26,27,28,30)/t16-/m1/s1. The number of hydrogen-bond acceptors (Lipinski definition) is 5. The Morgan fingerprint density at radius 2 is 2.03 bits per heavy atom. The van der Waals surface area contributed by atoms with E-state index in [9.17, 15) is 18.8 Å². The molecule has 1 atom stereocenters. The molecule has 0 bridgehead atoms. The quantitative estimate of drug-likeness (QED) is 0.417. The summed E-state index contributed by atoms with van der Waals surface area (Å²) < 4.78 is 13.4. The Morgan fingerprint density at radius 1 is 1.23 bits per heavy atom. The molecule has 0 spiro atoms. The molecule has 1 aliphatic heterocycles. The third kappa shape index (κ3) is 4.83. The van der Waals surface area contributed by atoms with Gasteiger partial charge in [0.15, 0.2) is 5.16 Å². The van der Waals surface area contributed by atoms with E-state index < -0.39 is 29.1 Å². The lowest BCUT2D eigenvalue weighted by Gasteiger charge is -2.23. The largest absolute Gasteiger partial charge is 0.325 e. The fraction of sp³-hybridized carbons (Fsp3) is 0.182. The summed E-state index contributed by atoms with van der Waals surface area (Å²) in [7, 11) is 0. The van der Waals surface area contributed by atoms with E-state index in [0.717, 1.165) is 17.2 Å². The van der Waals surface area contributed by atoms with Crippen LogP contribution in [-0.4, -0.2) is 21.8 Å². The van der Waals surface area contributed by atoms with Crippen molar-refractivity contribution in [3.63, 3.8) is 0 Å². The molecule has 0 saturated carbocycles. The first-order valence-electron chi connectivity index (χ1n) is 9.58. The smallest absolute Gasteiger partial charge is 0.257 e. The third-order valence-corrected chi connectivity index (χ3v) is 5.74. The first-order valence-corrected chi connectivity index (χ1v) is 10.6. The molecule has 1 aromatic heterocycles.